The fourth-order valence-corrected chi connectivity index (χ4v) is 4.95. The molecule has 210 valence electrons. The number of H-pyrrole nitrogens is 1. The molecular formula is C32H29N7O3. The van der Waals surface area contributed by atoms with Crippen molar-refractivity contribution in [2.75, 3.05) is 43.4 Å². The molecule has 0 bridgehead atoms. The Balaban J connectivity index is 1.17. The van der Waals surface area contributed by atoms with Gasteiger partial charge in [0.25, 0.3) is 5.91 Å². The summed E-state index contributed by atoms with van der Waals surface area (Å²) in [6.07, 6.45) is 5.82. The van der Waals surface area contributed by atoms with Crippen molar-refractivity contribution >= 4 is 45.9 Å². The van der Waals surface area contributed by atoms with Crippen LogP contribution in [0.25, 0.3) is 10.9 Å². The van der Waals surface area contributed by atoms with Crippen molar-refractivity contribution in [3.05, 3.63) is 108 Å². The minimum Gasteiger partial charge on any atom is -0.494 e. The van der Waals surface area contributed by atoms with Crippen LogP contribution in [0.15, 0.2) is 90.4 Å². The highest BCUT2D eigenvalue weighted by Gasteiger charge is 2.16. The number of nitrogens with zero attached hydrogens (tertiary/aromatic N) is 5. The number of aliphatic imine (C=N–C) groups is 1. The lowest BCUT2D eigenvalue weighted by Gasteiger charge is -2.34. The highest BCUT2D eigenvalue weighted by Crippen LogP contribution is 2.29. The Bertz CT molecular complexity index is 1770. The van der Waals surface area contributed by atoms with Crippen LogP contribution in [0.4, 0.5) is 17.1 Å². The molecular weight excluding hydrogens is 530 g/mol. The van der Waals surface area contributed by atoms with Crippen LogP contribution in [0.5, 0.6) is 5.88 Å². The summed E-state index contributed by atoms with van der Waals surface area (Å²) >= 11 is 0. The Hall–Kier alpha value is -5.35. The van der Waals surface area contributed by atoms with Gasteiger partial charge < -0.3 is 25.2 Å². The number of likely N-dealkylation sites (N-methyl/N-ethyl adjacent to an activating group) is 1. The zero-order chi connectivity index (χ0) is 29.1. The fraction of sp³-hybridized carbons (Fsp3) is 0.156. The summed E-state index contributed by atoms with van der Waals surface area (Å²) in [5, 5.41) is 14.1. The third kappa shape index (κ3) is 5.74. The molecule has 3 aromatic carbocycles. The van der Waals surface area contributed by atoms with Gasteiger partial charge in [-0.1, -0.05) is 24.3 Å². The van der Waals surface area contributed by atoms with Crippen LogP contribution in [-0.4, -0.2) is 76.1 Å². The molecule has 3 N–H and O–H groups in total. The van der Waals surface area contributed by atoms with Gasteiger partial charge in [0.15, 0.2) is 11.7 Å². The van der Waals surface area contributed by atoms with Crippen LogP contribution in [-0.2, 0) is 0 Å². The number of rotatable bonds is 7. The number of nitrogens with one attached hydrogen (secondary N) is 2. The fourth-order valence-electron chi connectivity index (χ4n) is 4.95. The normalized spacial score (nSPS) is 14.0. The number of aromatic amines is 1. The first kappa shape index (κ1) is 26.9. The van der Waals surface area contributed by atoms with Crippen LogP contribution in [0.3, 0.4) is 0 Å². The van der Waals surface area contributed by atoms with Gasteiger partial charge in [0, 0.05) is 78.2 Å². The van der Waals surface area contributed by atoms with E-state index in [1.165, 1.54) is 24.4 Å². The lowest BCUT2D eigenvalue weighted by atomic mass is 10.0. The Kier molecular flexibility index (Phi) is 7.44. The van der Waals surface area contributed by atoms with E-state index in [-0.39, 0.29) is 17.6 Å². The maximum atomic E-state index is 13.3. The largest absolute Gasteiger partial charge is 0.494 e. The van der Waals surface area contributed by atoms with Crippen LogP contribution in [0.1, 0.15) is 31.8 Å². The molecule has 1 fully saturated rings. The van der Waals surface area contributed by atoms with Gasteiger partial charge in [-0.05, 0) is 49.5 Å². The Morgan fingerprint density at radius 1 is 0.929 bits per heavy atom. The quantitative estimate of drug-likeness (QED) is 0.196. The zero-order valence-electron chi connectivity index (χ0n) is 23.0. The van der Waals surface area contributed by atoms with Crippen LogP contribution in [0.2, 0.25) is 0 Å². The maximum Gasteiger partial charge on any atom is 0.258 e. The molecule has 0 radical (unpaired) electrons. The summed E-state index contributed by atoms with van der Waals surface area (Å²) in [4.78, 5) is 45.7. The number of piperazine rings is 1. The maximum absolute atomic E-state index is 13.3. The van der Waals surface area contributed by atoms with E-state index < -0.39 is 0 Å². The van der Waals surface area contributed by atoms with E-state index in [9.17, 15) is 14.7 Å². The van der Waals surface area contributed by atoms with Crippen molar-refractivity contribution in [3.63, 3.8) is 0 Å². The number of fused-ring (bicyclic) bond motifs is 1. The number of carbonyl (C=O) groups excluding carboxylic acids is 2. The molecule has 1 aliphatic heterocycles. The summed E-state index contributed by atoms with van der Waals surface area (Å²) in [6.45, 7) is 4.09. The molecule has 0 saturated carbocycles. The third-order valence-electron chi connectivity index (χ3n) is 7.35. The Morgan fingerprint density at radius 2 is 1.67 bits per heavy atom. The van der Waals surface area contributed by atoms with Crippen molar-refractivity contribution in [3.8, 4) is 5.88 Å². The van der Waals surface area contributed by atoms with Gasteiger partial charge >= 0.3 is 0 Å². The summed E-state index contributed by atoms with van der Waals surface area (Å²) in [5.74, 6) is -0.619. The predicted molar refractivity (Wildman–Crippen MR) is 163 cm³/mol. The number of hydrogen-bond acceptors (Lipinski definition) is 8. The first-order chi connectivity index (χ1) is 20.4. The van der Waals surface area contributed by atoms with E-state index in [1.54, 1.807) is 48.7 Å². The molecule has 3 heterocycles. The van der Waals surface area contributed by atoms with E-state index >= 15 is 0 Å². The number of amides is 1. The van der Waals surface area contributed by atoms with Gasteiger partial charge in [0.2, 0.25) is 0 Å². The first-order valence-electron chi connectivity index (χ1n) is 13.6. The van der Waals surface area contributed by atoms with E-state index in [2.05, 4.69) is 54.2 Å². The molecule has 0 unspecified atom stereocenters. The molecule has 1 saturated heterocycles. The number of anilines is 2. The summed E-state index contributed by atoms with van der Waals surface area (Å²) in [5.41, 5.74) is 4.74. The van der Waals surface area contributed by atoms with Crippen molar-refractivity contribution in [1.29, 1.82) is 0 Å². The molecule has 1 aliphatic rings. The van der Waals surface area contributed by atoms with Gasteiger partial charge in [-0.15, -0.1) is 0 Å². The Morgan fingerprint density at radius 3 is 2.43 bits per heavy atom. The average molecular weight is 560 g/mol. The van der Waals surface area contributed by atoms with Gasteiger partial charge in [-0.3, -0.25) is 14.6 Å². The lowest BCUT2D eigenvalue weighted by Crippen LogP contribution is -2.44. The van der Waals surface area contributed by atoms with Gasteiger partial charge in [-0.25, -0.2) is 9.97 Å². The molecule has 2 aromatic heterocycles. The molecule has 42 heavy (non-hydrogen) atoms. The summed E-state index contributed by atoms with van der Waals surface area (Å²) in [6, 6.07) is 20.0. The second-order valence-electron chi connectivity index (χ2n) is 10.2. The third-order valence-corrected chi connectivity index (χ3v) is 7.35. The molecule has 10 heteroatoms. The highest BCUT2D eigenvalue weighted by molar-refractivity contribution is 6.13. The SMILES string of the molecule is CN1CCN(c2ccc(N=Cc3c(O)[nH]c4cc(C(=O)c5cccc(NC(=O)c6cncnc6)c5)ccc34)cc2)CC1. The predicted octanol–water partition coefficient (Wildman–Crippen LogP) is 4.65. The van der Waals surface area contributed by atoms with E-state index in [4.69, 9.17) is 0 Å². The number of ketones is 1. The Labute approximate surface area is 242 Å². The molecule has 1 amide bonds. The van der Waals surface area contributed by atoms with Crippen LogP contribution in [0, 0.1) is 0 Å². The zero-order valence-corrected chi connectivity index (χ0v) is 23.0. The van der Waals surface area contributed by atoms with Crippen molar-refractivity contribution < 1.29 is 14.7 Å². The van der Waals surface area contributed by atoms with E-state index in [0.29, 0.717) is 33.5 Å². The number of aromatic nitrogens is 3. The van der Waals surface area contributed by atoms with E-state index in [0.717, 1.165) is 37.3 Å². The molecule has 0 aliphatic carbocycles. The number of carbonyl (C=O) groups is 2. The number of aromatic hydroxyl groups is 1. The number of benzene rings is 3. The molecule has 5 aromatic rings. The monoisotopic (exact) mass is 559 g/mol. The van der Waals surface area contributed by atoms with Crippen molar-refractivity contribution in [2.45, 2.75) is 0 Å². The molecule has 0 spiro atoms. The second-order valence-corrected chi connectivity index (χ2v) is 10.2. The lowest BCUT2D eigenvalue weighted by molar-refractivity contribution is 0.102. The average Bonchev–Trinajstić information content (AvgIpc) is 3.34. The topological polar surface area (TPSA) is 127 Å². The molecule has 0 atom stereocenters. The van der Waals surface area contributed by atoms with Gasteiger partial charge in [0.05, 0.1) is 16.8 Å². The summed E-state index contributed by atoms with van der Waals surface area (Å²) < 4.78 is 0. The minimum atomic E-state index is -0.372. The van der Waals surface area contributed by atoms with Crippen LogP contribution < -0.4 is 10.2 Å². The highest BCUT2D eigenvalue weighted by atomic mass is 16.3. The van der Waals surface area contributed by atoms with Gasteiger partial charge in [-0.2, -0.15) is 0 Å². The standard InChI is InChI=1S/C32H29N7O3/c1-38-11-13-39(14-12-38)26-8-6-24(7-9-26)35-19-28-27-10-5-22(16-29(27)37-32(28)42)30(40)21-3-2-4-25(15-21)36-31(41)23-17-33-20-34-18-23/h2-10,15-20,37,42H,11-14H2,1H3,(H,36,41). The van der Waals surface area contributed by atoms with Crippen LogP contribution >= 0.6 is 0 Å². The van der Waals surface area contributed by atoms with Crippen molar-refractivity contribution in [1.82, 2.24) is 19.9 Å². The molecule has 6 rings (SSSR count). The smallest absolute Gasteiger partial charge is 0.258 e. The van der Waals surface area contributed by atoms with E-state index in [1.807, 2.05) is 12.1 Å². The minimum absolute atomic E-state index is 0.0259. The summed E-state index contributed by atoms with van der Waals surface area (Å²) in [7, 11) is 2.14. The van der Waals surface area contributed by atoms with Gasteiger partial charge in [0.1, 0.15) is 6.33 Å². The molecule has 10 nitrogen and oxygen atoms in total. The first-order valence-corrected chi connectivity index (χ1v) is 13.6. The van der Waals surface area contributed by atoms with Crippen molar-refractivity contribution in [2.24, 2.45) is 4.99 Å². The second kappa shape index (κ2) is 11.6. The number of hydrogen-bond donors (Lipinski definition) is 3.